The van der Waals surface area contributed by atoms with Crippen molar-refractivity contribution in [2.75, 3.05) is 14.1 Å². The summed E-state index contributed by atoms with van der Waals surface area (Å²) in [5.41, 5.74) is 1.30. The van der Waals surface area contributed by atoms with Crippen molar-refractivity contribution in [1.82, 2.24) is 9.34 Å². The first kappa shape index (κ1) is 16.5. The van der Waals surface area contributed by atoms with Gasteiger partial charge in [0.15, 0.2) is 8.45 Å². The van der Waals surface area contributed by atoms with Gasteiger partial charge < -0.3 is 4.52 Å². The molecule has 0 aromatic heterocycles. The fourth-order valence-electron chi connectivity index (χ4n) is 4.39. The normalized spacial score (nSPS) is 27.5. The fourth-order valence-corrected chi connectivity index (χ4v) is 6.58. The average Bonchev–Trinajstić information content (AvgIpc) is 2.86. The number of hydrogen-bond donors (Lipinski definition) is 0. The summed E-state index contributed by atoms with van der Waals surface area (Å²) in [5, 5.41) is 2.60. The molecule has 0 radical (unpaired) electrons. The van der Waals surface area contributed by atoms with Gasteiger partial charge in [-0.2, -0.15) is 0 Å². The van der Waals surface area contributed by atoms with E-state index in [1.807, 2.05) is 0 Å². The van der Waals surface area contributed by atoms with Crippen molar-refractivity contribution in [3.05, 3.63) is 48.0 Å². The Hall–Kier alpha value is -0.990. The van der Waals surface area contributed by atoms with Crippen LogP contribution in [-0.2, 0) is 4.52 Å². The molecule has 1 heterocycles. The lowest BCUT2D eigenvalue weighted by atomic mass is 9.91. The zero-order valence-corrected chi connectivity index (χ0v) is 15.7. The molecule has 3 nitrogen and oxygen atoms in total. The van der Waals surface area contributed by atoms with E-state index in [1.165, 1.54) is 42.0 Å². The molecule has 4 heteroatoms. The maximum atomic E-state index is 6.64. The van der Waals surface area contributed by atoms with E-state index in [-0.39, 0.29) is 6.10 Å². The van der Waals surface area contributed by atoms with Crippen LogP contribution in [0.15, 0.2) is 42.5 Å². The topological polar surface area (TPSA) is 15.7 Å². The average molecular weight is 342 g/mol. The first-order valence-corrected chi connectivity index (χ1v) is 10.2. The second kappa shape index (κ2) is 6.72. The van der Waals surface area contributed by atoms with Crippen molar-refractivity contribution in [3.63, 3.8) is 0 Å². The van der Waals surface area contributed by atoms with Gasteiger partial charge in [0, 0.05) is 12.1 Å². The van der Waals surface area contributed by atoms with Gasteiger partial charge in [0.25, 0.3) is 0 Å². The van der Waals surface area contributed by atoms with Gasteiger partial charge in [0.2, 0.25) is 0 Å². The molecule has 0 amide bonds. The first-order chi connectivity index (χ1) is 11.7. The van der Waals surface area contributed by atoms with Crippen LogP contribution >= 0.6 is 8.45 Å². The predicted octanol–water partition coefficient (Wildman–Crippen LogP) is 5.33. The lowest BCUT2D eigenvalue weighted by Gasteiger charge is -2.29. The number of benzene rings is 2. The monoisotopic (exact) mass is 342 g/mol. The van der Waals surface area contributed by atoms with Gasteiger partial charge in [-0.3, -0.25) is 0 Å². The zero-order chi connectivity index (χ0) is 16.7. The van der Waals surface area contributed by atoms with E-state index in [4.69, 9.17) is 4.52 Å². The SMILES string of the molecule is C[C@H](OP1N(C)[C@@H]2CCCC[C@H]2N1C)c1cccc2ccccc12. The summed E-state index contributed by atoms with van der Waals surface area (Å²) >= 11 is 0. The van der Waals surface area contributed by atoms with E-state index >= 15 is 0 Å². The van der Waals surface area contributed by atoms with Gasteiger partial charge in [-0.05, 0) is 50.2 Å². The standard InChI is InChI=1S/C20H27N2OP/c1-15(17-12-8-10-16-9-4-5-11-18(16)17)23-24-21(2)19-13-6-7-14-20(19)22(24)3/h4-5,8-12,15,19-20H,6-7,13-14H2,1-3H3/t15-,19+,20+/m0/s1. The molecule has 1 saturated carbocycles. The van der Waals surface area contributed by atoms with Gasteiger partial charge in [0.05, 0.1) is 6.10 Å². The Morgan fingerprint density at radius 2 is 1.58 bits per heavy atom. The molecule has 2 aromatic carbocycles. The van der Waals surface area contributed by atoms with Crippen molar-refractivity contribution in [3.8, 4) is 0 Å². The lowest BCUT2D eigenvalue weighted by molar-refractivity contribution is 0.225. The number of fused-ring (bicyclic) bond motifs is 2. The summed E-state index contributed by atoms with van der Waals surface area (Å²) in [6, 6.07) is 16.5. The molecule has 0 unspecified atom stereocenters. The van der Waals surface area contributed by atoms with Crippen LogP contribution in [0.25, 0.3) is 10.8 Å². The van der Waals surface area contributed by atoms with Crippen LogP contribution in [0.3, 0.4) is 0 Å². The number of rotatable bonds is 3. The highest BCUT2D eigenvalue weighted by Gasteiger charge is 2.46. The van der Waals surface area contributed by atoms with Crippen molar-refractivity contribution >= 4 is 19.2 Å². The molecule has 2 fully saturated rings. The van der Waals surface area contributed by atoms with Crippen molar-refractivity contribution in [2.45, 2.75) is 50.8 Å². The maximum Gasteiger partial charge on any atom is 0.188 e. The molecule has 1 aliphatic heterocycles. The van der Waals surface area contributed by atoms with Crippen molar-refractivity contribution in [2.24, 2.45) is 0 Å². The van der Waals surface area contributed by atoms with Crippen LogP contribution in [0, 0.1) is 0 Å². The van der Waals surface area contributed by atoms with E-state index in [0.29, 0.717) is 12.1 Å². The van der Waals surface area contributed by atoms with E-state index in [9.17, 15) is 0 Å². The van der Waals surface area contributed by atoms with E-state index in [1.54, 1.807) is 0 Å². The van der Waals surface area contributed by atoms with E-state index in [0.717, 1.165) is 0 Å². The summed E-state index contributed by atoms with van der Waals surface area (Å²) in [7, 11) is 3.85. The van der Waals surface area contributed by atoms with Crippen LogP contribution < -0.4 is 0 Å². The largest absolute Gasteiger partial charge is 0.323 e. The number of hydrogen-bond acceptors (Lipinski definition) is 3. The second-order valence-electron chi connectivity index (χ2n) is 7.14. The minimum absolute atomic E-state index is 0.104. The van der Waals surface area contributed by atoms with Gasteiger partial charge >= 0.3 is 0 Å². The molecule has 0 bridgehead atoms. The third-order valence-electron chi connectivity index (χ3n) is 5.71. The highest BCUT2D eigenvalue weighted by molar-refractivity contribution is 7.47. The Morgan fingerprint density at radius 3 is 2.29 bits per heavy atom. The van der Waals surface area contributed by atoms with Crippen LogP contribution in [0.4, 0.5) is 0 Å². The molecule has 128 valence electrons. The third-order valence-corrected chi connectivity index (χ3v) is 7.88. The summed E-state index contributed by atoms with van der Waals surface area (Å²) in [6.07, 6.45) is 5.46. The fraction of sp³-hybridized carbons (Fsp3) is 0.500. The Balaban J connectivity index is 1.58. The number of likely N-dealkylation sites (N-methyl/N-ethyl adjacent to an activating group) is 2. The zero-order valence-electron chi connectivity index (χ0n) is 14.9. The minimum Gasteiger partial charge on any atom is -0.323 e. The van der Waals surface area contributed by atoms with Crippen molar-refractivity contribution in [1.29, 1.82) is 0 Å². The Labute approximate surface area is 146 Å². The Morgan fingerprint density at radius 1 is 0.958 bits per heavy atom. The van der Waals surface area contributed by atoms with E-state index in [2.05, 4.69) is 72.8 Å². The molecule has 3 atom stereocenters. The molecule has 2 aromatic rings. The maximum absolute atomic E-state index is 6.64. The lowest BCUT2D eigenvalue weighted by Crippen LogP contribution is -2.37. The van der Waals surface area contributed by atoms with Crippen LogP contribution in [0.1, 0.15) is 44.3 Å². The van der Waals surface area contributed by atoms with Crippen molar-refractivity contribution < 1.29 is 4.52 Å². The number of nitrogens with zero attached hydrogens (tertiary/aromatic N) is 2. The van der Waals surface area contributed by atoms with Crippen LogP contribution in [0.2, 0.25) is 0 Å². The quantitative estimate of drug-likeness (QED) is 0.701. The summed E-state index contributed by atoms with van der Waals surface area (Å²) in [6.45, 7) is 2.20. The molecular weight excluding hydrogens is 315 g/mol. The molecular formula is C20H27N2OP. The van der Waals surface area contributed by atoms with Crippen LogP contribution in [-0.4, -0.2) is 35.5 Å². The van der Waals surface area contributed by atoms with Gasteiger partial charge in [-0.1, -0.05) is 55.3 Å². The summed E-state index contributed by atoms with van der Waals surface area (Å²) < 4.78 is 11.7. The smallest absolute Gasteiger partial charge is 0.188 e. The van der Waals surface area contributed by atoms with E-state index < -0.39 is 8.45 Å². The molecule has 2 aliphatic rings. The molecule has 0 spiro atoms. The summed E-state index contributed by atoms with van der Waals surface area (Å²) in [5.74, 6) is 0. The highest BCUT2D eigenvalue weighted by Crippen LogP contribution is 2.58. The van der Waals surface area contributed by atoms with Crippen LogP contribution in [0.5, 0.6) is 0 Å². The molecule has 4 rings (SSSR count). The molecule has 0 N–H and O–H groups in total. The second-order valence-corrected chi connectivity index (χ2v) is 9.11. The van der Waals surface area contributed by atoms with Gasteiger partial charge in [0.1, 0.15) is 0 Å². The predicted molar refractivity (Wildman–Crippen MR) is 102 cm³/mol. The summed E-state index contributed by atoms with van der Waals surface area (Å²) in [4.78, 5) is 0. The molecule has 24 heavy (non-hydrogen) atoms. The first-order valence-electron chi connectivity index (χ1n) is 9.07. The van der Waals surface area contributed by atoms with Gasteiger partial charge in [-0.15, -0.1) is 0 Å². The molecule has 1 saturated heterocycles. The van der Waals surface area contributed by atoms with Gasteiger partial charge in [-0.25, -0.2) is 9.34 Å². The Bertz CT molecular complexity index is 698. The Kier molecular flexibility index (Phi) is 4.62. The molecule has 1 aliphatic carbocycles. The minimum atomic E-state index is -0.670. The highest BCUT2D eigenvalue weighted by atomic mass is 31.2. The third kappa shape index (κ3) is 2.78.